The van der Waals surface area contributed by atoms with Crippen molar-refractivity contribution in [1.29, 1.82) is 0 Å². The highest BCUT2D eigenvalue weighted by atomic mass is 32.2. The van der Waals surface area contributed by atoms with Gasteiger partial charge in [-0.05, 0) is 106 Å². The number of hydroxylamine groups is 2. The van der Waals surface area contributed by atoms with E-state index < -0.39 is 17.8 Å². The Balaban J connectivity index is 0.000000233. The monoisotopic (exact) mass is 1080 g/mol. The smallest absolute Gasteiger partial charge is 0.333 e. The van der Waals surface area contributed by atoms with Crippen LogP contribution in [0.25, 0.3) is 5.57 Å². The Morgan fingerprint density at radius 2 is 1.05 bits per heavy atom. The second-order valence-corrected chi connectivity index (χ2v) is 19.8. The van der Waals surface area contributed by atoms with E-state index in [1.54, 1.807) is 23.9 Å². The number of hydrogen-bond donors (Lipinski definition) is 5. The zero-order chi connectivity index (χ0) is 56.0. The average molecular weight is 1080 g/mol. The summed E-state index contributed by atoms with van der Waals surface area (Å²) in [6, 6.07) is 24.5. The summed E-state index contributed by atoms with van der Waals surface area (Å²) in [7, 11) is 2.12. The maximum absolute atomic E-state index is 11.6. The van der Waals surface area contributed by atoms with Gasteiger partial charge in [-0.2, -0.15) is 0 Å². The highest BCUT2D eigenvalue weighted by Gasteiger charge is 2.33. The predicted octanol–water partition coefficient (Wildman–Crippen LogP) is 7.76. The molecule has 18 nitrogen and oxygen atoms in total. The van der Waals surface area contributed by atoms with Crippen molar-refractivity contribution < 1.29 is 58.5 Å². The van der Waals surface area contributed by atoms with Crippen LogP contribution < -0.4 is 16.0 Å². The number of nitrogens with zero attached hydrogens (tertiary/aromatic N) is 4. The van der Waals surface area contributed by atoms with Crippen LogP contribution in [0, 0.1) is 0 Å². The number of aliphatic hydroxyl groups excluding tert-OH is 2. The van der Waals surface area contributed by atoms with E-state index in [9.17, 15) is 43.5 Å². The van der Waals surface area contributed by atoms with Crippen molar-refractivity contribution in [2.75, 3.05) is 51.3 Å². The van der Waals surface area contributed by atoms with E-state index in [1.165, 1.54) is 62.2 Å². The number of amides is 7. The van der Waals surface area contributed by atoms with Crippen molar-refractivity contribution in [3.63, 3.8) is 0 Å². The number of rotatable bonds is 26. The highest BCUT2D eigenvalue weighted by molar-refractivity contribution is 8.03. The Morgan fingerprint density at radius 3 is 1.55 bits per heavy atom. The van der Waals surface area contributed by atoms with Crippen molar-refractivity contribution in [3.05, 3.63) is 113 Å². The molecule has 0 aliphatic carbocycles. The number of allylic oxidation sites excluding steroid dienone is 1. The van der Waals surface area contributed by atoms with Crippen LogP contribution in [0.2, 0.25) is 0 Å². The first kappa shape index (κ1) is 62.6. The molecule has 0 radical (unpaired) electrons. The van der Waals surface area contributed by atoms with Crippen LogP contribution in [-0.4, -0.2) is 124 Å². The first-order valence-electron chi connectivity index (χ1n) is 26.6. The lowest BCUT2D eigenvalue weighted by Crippen LogP contribution is -2.32. The van der Waals surface area contributed by atoms with Gasteiger partial charge in [-0.3, -0.25) is 43.4 Å². The van der Waals surface area contributed by atoms with Crippen LogP contribution in [0.1, 0.15) is 134 Å². The van der Waals surface area contributed by atoms with Crippen LogP contribution in [0.4, 0.5) is 11.4 Å². The third-order valence-electron chi connectivity index (χ3n) is 12.6. The number of carbonyl (C=O) groups is 8. The number of para-hydroxylation sites is 2. The molecule has 1 fully saturated rings. The average Bonchev–Trinajstić information content (AvgIpc) is 4.05. The lowest BCUT2D eigenvalue weighted by Gasteiger charge is -2.32. The van der Waals surface area contributed by atoms with E-state index in [4.69, 9.17) is 20.8 Å². The fourth-order valence-electron chi connectivity index (χ4n) is 8.42. The number of thioether (sulfide) groups is 1. The van der Waals surface area contributed by atoms with Gasteiger partial charge >= 0.3 is 5.97 Å². The summed E-state index contributed by atoms with van der Waals surface area (Å²) in [6.45, 7) is 4.94. The Kier molecular flexibility index (Phi) is 28.2. The minimum atomic E-state index is -0.640. The van der Waals surface area contributed by atoms with Crippen LogP contribution in [-0.2, 0) is 43.2 Å². The van der Waals surface area contributed by atoms with Gasteiger partial charge in [0.05, 0.1) is 0 Å². The van der Waals surface area contributed by atoms with Crippen molar-refractivity contribution in [2.24, 2.45) is 5.73 Å². The summed E-state index contributed by atoms with van der Waals surface area (Å²) < 4.78 is 0. The Hall–Kier alpha value is -6.93. The number of phenols is 1. The molecule has 77 heavy (non-hydrogen) atoms. The van der Waals surface area contributed by atoms with E-state index in [-0.39, 0.29) is 55.4 Å². The summed E-state index contributed by atoms with van der Waals surface area (Å²) in [6.07, 6.45) is 17.8. The van der Waals surface area contributed by atoms with Crippen molar-refractivity contribution in [3.8, 4) is 5.75 Å². The third-order valence-corrected chi connectivity index (χ3v) is 13.6. The van der Waals surface area contributed by atoms with Crippen LogP contribution in [0.3, 0.4) is 0 Å². The van der Waals surface area contributed by atoms with Gasteiger partial charge in [-0.15, -0.1) is 5.06 Å². The molecule has 4 aliphatic rings. The fraction of sp³-hybridized carbons (Fsp3) is 0.448. The molecule has 7 amide bonds. The van der Waals surface area contributed by atoms with Crippen molar-refractivity contribution >= 4 is 76.0 Å². The van der Waals surface area contributed by atoms with Gasteiger partial charge in [0.25, 0.3) is 35.4 Å². The molecule has 0 aromatic heterocycles. The molecule has 416 valence electrons. The van der Waals surface area contributed by atoms with Crippen LogP contribution in [0.5, 0.6) is 5.75 Å². The molecule has 0 spiro atoms. The molecule has 0 saturated carbocycles. The standard InChI is InChI=1S/C22H19NOS.C16H26N2O4.C14H16N2O6.C6H15NO/c1-15(25-17-13-11-16(24)12-14-17)22-18-7-3-5-9-20(18)23(2)21-10-6-4-8-19(21)22;19-13-7-2-1-5-11-17-14(20)8-4-3-6-12-18-15(21)9-10-16(18)22;17-10-5-6-11(18)15(10)9-3-1-2-4-14(21)22-16-12(19)7-8-13(16)20;7-5-3-1-2-4-6-8/h3-14,24H,1-2H3;9-10,19H,1-8,11-13H2,(H,17,20);5-6H,1-4,7-9H2;8H,1-7H2. The zero-order valence-electron chi connectivity index (χ0n) is 44.5. The number of nitrogens with one attached hydrogen (secondary N) is 1. The largest absolute Gasteiger partial charge is 0.508 e. The highest BCUT2D eigenvalue weighted by Crippen LogP contribution is 2.47. The first-order valence-corrected chi connectivity index (χ1v) is 27.4. The molecule has 6 N–H and O–H groups in total. The quantitative estimate of drug-likeness (QED) is 0.0292. The summed E-state index contributed by atoms with van der Waals surface area (Å²) in [5, 5.41) is 29.9. The summed E-state index contributed by atoms with van der Waals surface area (Å²) in [4.78, 5) is 103. The van der Waals surface area contributed by atoms with E-state index in [0.29, 0.717) is 62.7 Å². The molecule has 0 bridgehead atoms. The Labute approximate surface area is 456 Å². The number of unbranched alkanes of at least 4 members (excludes halogenated alkanes) is 10. The summed E-state index contributed by atoms with van der Waals surface area (Å²) in [5.74, 6) is -2.44. The minimum absolute atomic E-state index is 0.0529. The molecule has 7 rings (SSSR count). The number of carbonyl (C=O) groups excluding carboxylic acids is 8. The number of anilines is 2. The van der Waals surface area contributed by atoms with E-state index in [0.717, 1.165) is 87.0 Å². The molecular formula is C58H76N6O12S. The Morgan fingerprint density at radius 1 is 0.597 bits per heavy atom. The number of aliphatic hydroxyl groups is 2. The number of hydrogen-bond acceptors (Lipinski definition) is 15. The number of nitrogens with two attached hydrogens (primary N) is 1. The SMILES string of the molecule is CC(Sc1ccc(O)cc1)=C1c2ccccc2N(C)c2ccccc21.NCCCCCCO.O=C(CCCCCN1C(=O)C=CC1=O)NCCCCCCO.O=C(CCCCCN1C(=O)C=CC1=O)ON1C(=O)CCC1=O. The van der Waals surface area contributed by atoms with Gasteiger partial charge in [0.15, 0.2) is 0 Å². The number of fused-ring (bicyclic) bond motifs is 2. The molecule has 19 heteroatoms. The topological polar surface area (TPSA) is 257 Å². The van der Waals surface area contributed by atoms with E-state index in [2.05, 4.69) is 72.7 Å². The van der Waals surface area contributed by atoms with Crippen LogP contribution >= 0.6 is 11.8 Å². The third kappa shape index (κ3) is 21.2. The predicted molar refractivity (Wildman–Crippen MR) is 296 cm³/mol. The molecule has 1 saturated heterocycles. The maximum Gasteiger partial charge on any atom is 0.333 e. The molecule has 4 heterocycles. The second-order valence-electron chi connectivity index (χ2n) is 18.5. The number of aromatic hydroxyl groups is 1. The molecule has 3 aromatic rings. The van der Waals surface area contributed by atoms with Crippen LogP contribution in [0.15, 0.2) is 107 Å². The molecule has 0 atom stereocenters. The van der Waals surface area contributed by atoms with Gasteiger partial charge in [0.2, 0.25) is 5.91 Å². The van der Waals surface area contributed by atoms with Gasteiger partial charge in [-0.1, -0.05) is 86.7 Å². The normalized spacial score (nSPS) is 14.2. The Bertz CT molecular complexity index is 2440. The first-order chi connectivity index (χ1) is 37.2. The number of benzene rings is 3. The molecule has 3 aromatic carbocycles. The summed E-state index contributed by atoms with van der Waals surface area (Å²) >= 11 is 1.74. The maximum atomic E-state index is 11.6. The van der Waals surface area contributed by atoms with E-state index >= 15 is 0 Å². The summed E-state index contributed by atoms with van der Waals surface area (Å²) in [5.41, 5.74) is 11.5. The van der Waals surface area contributed by atoms with Gasteiger partial charge in [0, 0.05) is 123 Å². The number of phenolic OH excluding ortho intramolecular Hbond substituents is 1. The molecular weight excluding hydrogens is 1000 g/mol. The fourth-order valence-corrected chi connectivity index (χ4v) is 9.37. The second kappa shape index (κ2) is 34.7. The zero-order valence-corrected chi connectivity index (χ0v) is 45.3. The molecule has 4 aliphatic heterocycles. The van der Waals surface area contributed by atoms with Crippen molar-refractivity contribution in [1.82, 2.24) is 20.2 Å². The lowest BCUT2D eigenvalue weighted by atomic mass is 9.90. The van der Waals surface area contributed by atoms with Gasteiger partial charge in [0.1, 0.15) is 5.75 Å². The molecule has 0 unspecified atom stereocenters. The lowest BCUT2D eigenvalue weighted by molar-refractivity contribution is -0.197. The number of imide groups is 3. The van der Waals surface area contributed by atoms with Gasteiger partial charge < -0.3 is 36.1 Å². The minimum Gasteiger partial charge on any atom is -0.508 e. The van der Waals surface area contributed by atoms with Crippen molar-refractivity contribution in [2.45, 2.75) is 127 Å². The van der Waals surface area contributed by atoms with Gasteiger partial charge in [-0.25, -0.2) is 4.79 Å². The van der Waals surface area contributed by atoms with E-state index in [1.807, 2.05) is 12.1 Å².